The number of amides is 1. The van der Waals surface area contributed by atoms with Gasteiger partial charge in [0.15, 0.2) is 0 Å². The fourth-order valence-corrected chi connectivity index (χ4v) is 1.54. The molecule has 0 fully saturated rings. The number of rotatable bonds is 4. The van der Waals surface area contributed by atoms with Crippen LogP contribution in [0, 0.1) is 0 Å². The molecular formula is C11H14N6O. The molecule has 0 aliphatic carbocycles. The van der Waals surface area contributed by atoms with Gasteiger partial charge < -0.3 is 15.6 Å². The van der Waals surface area contributed by atoms with Crippen LogP contribution in [0.3, 0.4) is 0 Å². The van der Waals surface area contributed by atoms with E-state index in [9.17, 15) is 4.79 Å². The molecule has 2 heterocycles. The van der Waals surface area contributed by atoms with E-state index in [1.165, 1.54) is 12.4 Å². The first kappa shape index (κ1) is 12.0. The van der Waals surface area contributed by atoms with Gasteiger partial charge in [-0.15, -0.1) is 0 Å². The number of nitrogens with zero attached hydrogens (tertiary/aromatic N) is 4. The van der Waals surface area contributed by atoms with Crippen LogP contribution in [0.15, 0.2) is 31.1 Å². The number of hydrogen-bond acceptors (Lipinski definition) is 5. The maximum absolute atomic E-state index is 11.8. The van der Waals surface area contributed by atoms with Crippen LogP contribution in [0.4, 0.5) is 5.82 Å². The molecule has 0 bridgehead atoms. The third-order valence-electron chi connectivity index (χ3n) is 2.31. The Bertz CT molecular complexity index is 524. The van der Waals surface area contributed by atoms with E-state index in [0.717, 1.165) is 0 Å². The highest BCUT2D eigenvalue weighted by molar-refractivity contribution is 5.92. The first-order valence-electron chi connectivity index (χ1n) is 5.49. The molecule has 7 nitrogen and oxygen atoms in total. The van der Waals surface area contributed by atoms with Crippen LogP contribution in [0.1, 0.15) is 17.4 Å². The van der Waals surface area contributed by atoms with Gasteiger partial charge in [-0.3, -0.25) is 9.78 Å². The molecule has 0 saturated carbocycles. The maximum Gasteiger partial charge on any atom is 0.271 e. The lowest BCUT2D eigenvalue weighted by atomic mass is 10.3. The summed E-state index contributed by atoms with van der Waals surface area (Å²) in [5.41, 5.74) is 5.69. The van der Waals surface area contributed by atoms with Crippen LogP contribution in [0.25, 0.3) is 0 Å². The first-order valence-corrected chi connectivity index (χ1v) is 5.49. The molecule has 0 radical (unpaired) electrons. The van der Waals surface area contributed by atoms with Crippen LogP contribution in [0.2, 0.25) is 0 Å². The molecule has 2 aromatic heterocycles. The number of nitrogen functional groups attached to an aromatic ring is 1. The zero-order chi connectivity index (χ0) is 13.0. The van der Waals surface area contributed by atoms with Crippen LogP contribution in [-0.2, 0) is 6.54 Å². The zero-order valence-electron chi connectivity index (χ0n) is 9.95. The van der Waals surface area contributed by atoms with Crippen molar-refractivity contribution in [1.82, 2.24) is 24.8 Å². The summed E-state index contributed by atoms with van der Waals surface area (Å²) < 4.78 is 1.88. The average Bonchev–Trinajstić information content (AvgIpc) is 2.81. The normalized spacial score (nSPS) is 12.1. The van der Waals surface area contributed by atoms with Crippen molar-refractivity contribution in [3.05, 3.63) is 36.8 Å². The summed E-state index contributed by atoms with van der Waals surface area (Å²) >= 11 is 0. The number of aromatic nitrogens is 4. The van der Waals surface area contributed by atoms with E-state index in [0.29, 0.717) is 6.54 Å². The van der Waals surface area contributed by atoms with Crippen LogP contribution in [-0.4, -0.2) is 31.5 Å². The minimum Gasteiger partial charge on any atom is -0.382 e. The van der Waals surface area contributed by atoms with Crippen molar-refractivity contribution in [3.63, 3.8) is 0 Å². The average molecular weight is 246 g/mol. The monoisotopic (exact) mass is 246 g/mol. The highest BCUT2D eigenvalue weighted by Crippen LogP contribution is 1.99. The molecule has 1 unspecified atom stereocenters. The van der Waals surface area contributed by atoms with Gasteiger partial charge in [-0.05, 0) is 6.92 Å². The van der Waals surface area contributed by atoms with E-state index in [-0.39, 0.29) is 23.5 Å². The Labute approximate surface area is 104 Å². The second-order valence-corrected chi connectivity index (χ2v) is 3.96. The smallest absolute Gasteiger partial charge is 0.271 e. The Morgan fingerprint density at radius 2 is 2.33 bits per heavy atom. The van der Waals surface area contributed by atoms with Gasteiger partial charge in [0, 0.05) is 25.0 Å². The molecule has 1 amide bonds. The lowest BCUT2D eigenvalue weighted by Crippen LogP contribution is -2.36. The first-order chi connectivity index (χ1) is 8.65. The Kier molecular flexibility index (Phi) is 3.52. The van der Waals surface area contributed by atoms with Gasteiger partial charge in [-0.2, -0.15) is 0 Å². The molecule has 2 rings (SSSR count). The van der Waals surface area contributed by atoms with E-state index in [4.69, 9.17) is 5.73 Å². The molecule has 0 saturated heterocycles. The maximum atomic E-state index is 11.8. The molecule has 2 aromatic rings. The van der Waals surface area contributed by atoms with E-state index < -0.39 is 0 Å². The van der Waals surface area contributed by atoms with Gasteiger partial charge in [0.25, 0.3) is 5.91 Å². The van der Waals surface area contributed by atoms with Crippen molar-refractivity contribution in [1.29, 1.82) is 0 Å². The SMILES string of the molecule is CC(Cn1ccnc1)NC(=O)c1cncc(N)n1. The summed E-state index contributed by atoms with van der Waals surface area (Å²) in [6.07, 6.45) is 8.01. The van der Waals surface area contributed by atoms with Gasteiger partial charge >= 0.3 is 0 Å². The van der Waals surface area contributed by atoms with Crippen molar-refractivity contribution in [2.24, 2.45) is 0 Å². The molecule has 3 N–H and O–H groups in total. The van der Waals surface area contributed by atoms with Crippen molar-refractivity contribution >= 4 is 11.7 Å². The summed E-state index contributed by atoms with van der Waals surface area (Å²) in [7, 11) is 0. The number of nitrogens with two attached hydrogens (primary N) is 1. The minimum atomic E-state index is -0.289. The van der Waals surface area contributed by atoms with Crippen LogP contribution >= 0.6 is 0 Å². The van der Waals surface area contributed by atoms with Gasteiger partial charge in [-0.1, -0.05) is 0 Å². The molecule has 0 aliphatic heterocycles. The third kappa shape index (κ3) is 3.03. The summed E-state index contributed by atoms with van der Waals surface area (Å²) in [5.74, 6) is -0.0627. The van der Waals surface area contributed by atoms with E-state index in [1.54, 1.807) is 12.5 Å². The Hall–Kier alpha value is -2.44. The molecule has 0 aliphatic rings. The number of carbonyl (C=O) groups excluding carboxylic acids is 1. The van der Waals surface area contributed by atoms with E-state index in [1.807, 2.05) is 17.7 Å². The summed E-state index contributed by atoms with van der Waals surface area (Å²) in [6, 6.07) is -0.0464. The van der Waals surface area contributed by atoms with Gasteiger partial charge in [0.05, 0.1) is 18.7 Å². The van der Waals surface area contributed by atoms with Crippen LogP contribution < -0.4 is 11.1 Å². The largest absolute Gasteiger partial charge is 0.382 e. The molecular weight excluding hydrogens is 232 g/mol. The molecule has 0 aromatic carbocycles. The Morgan fingerprint density at radius 3 is 3.00 bits per heavy atom. The Balaban J connectivity index is 1.95. The fourth-order valence-electron chi connectivity index (χ4n) is 1.54. The molecule has 1 atom stereocenters. The summed E-state index contributed by atoms with van der Waals surface area (Å²) in [5, 5.41) is 2.82. The minimum absolute atomic E-state index is 0.0464. The van der Waals surface area contributed by atoms with Crippen molar-refractivity contribution in [2.75, 3.05) is 5.73 Å². The fraction of sp³-hybridized carbons (Fsp3) is 0.273. The van der Waals surface area contributed by atoms with Crippen LogP contribution in [0.5, 0.6) is 0 Å². The van der Waals surface area contributed by atoms with Crippen molar-refractivity contribution in [3.8, 4) is 0 Å². The number of anilines is 1. The van der Waals surface area contributed by atoms with Gasteiger partial charge in [0.2, 0.25) is 0 Å². The van der Waals surface area contributed by atoms with Crippen molar-refractivity contribution < 1.29 is 4.79 Å². The number of nitrogens with one attached hydrogen (secondary N) is 1. The Morgan fingerprint density at radius 1 is 1.50 bits per heavy atom. The van der Waals surface area contributed by atoms with Gasteiger partial charge in [-0.25, -0.2) is 9.97 Å². The number of imidazole rings is 1. The number of hydrogen-bond donors (Lipinski definition) is 2. The highest BCUT2D eigenvalue weighted by Gasteiger charge is 2.11. The molecule has 7 heteroatoms. The van der Waals surface area contributed by atoms with Crippen molar-refractivity contribution in [2.45, 2.75) is 19.5 Å². The highest BCUT2D eigenvalue weighted by atomic mass is 16.1. The molecule has 94 valence electrons. The predicted molar refractivity (Wildman–Crippen MR) is 65.6 cm³/mol. The lowest BCUT2D eigenvalue weighted by molar-refractivity contribution is 0.0931. The topological polar surface area (TPSA) is 98.7 Å². The summed E-state index contributed by atoms with van der Waals surface area (Å²) in [4.78, 5) is 23.5. The molecule has 0 spiro atoms. The predicted octanol–water partition coefficient (Wildman–Crippen LogP) is 0.0738. The molecule has 18 heavy (non-hydrogen) atoms. The third-order valence-corrected chi connectivity index (χ3v) is 2.31. The standard InChI is InChI=1S/C11H14N6O/c1-8(6-17-3-2-13-7-17)15-11(18)9-4-14-5-10(12)16-9/h2-5,7-8H,6H2,1H3,(H2,12,16)(H,15,18). The second kappa shape index (κ2) is 5.26. The van der Waals surface area contributed by atoms with Gasteiger partial charge in [0.1, 0.15) is 11.5 Å². The number of carbonyl (C=O) groups is 1. The van der Waals surface area contributed by atoms with E-state index >= 15 is 0 Å². The second-order valence-electron chi connectivity index (χ2n) is 3.96. The lowest BCUT2D eigenvalue weighted by Gasteiger charge is -2.13. The summed E-state index contributed by atoms with van der Waals surface area (Å²) in [6.45, 7) is 2.54. The quantitative estimate of drug-likeness (QED) is 0.795. The van der Waals surface area contributed by atoms with E-state index in [2.05, 4.69) is 20.3 Å². The zero-order valence-corrected chi connectivity index (χ0v) is 9.95.